The lowest BCUT2D eigenvalue weighted by molar-refractivity contribution is 0.624. The molecule has 0 spiro atoms. The largest absolute Gasteiger partial charge is 0.343 e. The van der Waals surface area contributed by atoms with Crippen LogP contribution in [0.15, 0.2) is 48.7 Å². The first-order valence-corrected chi connectivity index (χ1v) is 7.21. The van der Waals surface area contributed by atoms with Crippen molar-refractivity contribution in [1.82, 2.24) is 9.88 Å². The normalized spacial score (nSPS) is 11.2. The molecule has 1 heterocycles. The lowest BCUT2D eigenvalue weighted by Crippen LogP contribution is -2.04. The Morgan fingerprint density at radius 2 is 2.00 bits per heavy atom. The molecule has 0 atom stereocenters. The van der Waals surface area contributed by atoms with E-state index >= 15 is 0 Å². The highest BCUT2D eigenvalue weighted by atomic mass is 35.5. The maximum absolute atomic E-state index is 13.4. The van der Waals surface area contributed by atoms with Crippen LogP contribution < -0.4 is 5.32 Å². The molecule has 0 unspecified atom stereocenters. The summed E-state index contributed by atoms with van der Waals surface area (Å²) in [6.45, 7) is 1.41. The summed E-state index contributed by atoms with van der Waals surface area (Å²) in [5.74, 6) is -0.262. The molecule has 0 aliphatic carbocycles. The second-order valence-electron chi connectivity index (χ2n) is 5.10. The lowest BCUT2D eigenvalue weighted by atomic mass is 10.1. The minimum absolute atomic E-state index is 0.262. The van der Waals surface area contributed by atoms with Crippen LogP contribution >= 0.6 is 11.6 Å². The fourth-order valence-corrected chi connectivity index (χ4v) is 2.73. The van der Waals surface area contributed by atoms with Crippen molar-refractivity contribution in [3.63, 3.8) is 0 Å². The number of benzene rings is 2. The van der Waals surface area contributed by atoms with Gasteiger partial charge in [0.2, 0.25) is 0 Å². The minimum atomic E-state index is -0.262. The Morgan fingerprint density at radius 1 is 1.14 bits per heavy atom. The molecule has 2 aromatic carbocycles. The van der Waals surface area contributed by atoms with Crippen LogP contribution in [0.5, 0.6) is 0 Å². The summed E-state index contributed by atoms with van der Waals surface area (Å²) >= 11 is 6.14. The smallest absolute Gasteiger partial charge is 0.123 e. The van der Waals surface area contributed by atoms with Gasteiger partial charge in [-0.2, -0.15) is 0 Å². The predicted molar refractivity (Wildman–Crippen MR) is 85.2 cm³/mol. The van der Waals surface area contributed by atoms with Crippen LogP contribution in [-0.2, 0) is 13.1 Å². The summed E-state index contributed by atoms with van der Waals surface area (Å²) in [6, 6.07) is 12.9. The highest BCUT2D eigenvalue weighted by molar-refractivity contribution is 6.31. The number of halogens is 2. The van der Waals surface area contributed by atoms with Gasteiger partial charge in [0.1, 0.15) is 5.82 Å². The molecule has 0 radical (unpaired) electrons. The van der Waals surface area contributed by atoms with E-state index in [-0.39, 0.29) is 5.82 Å². The molecule has 3 aromatic rings. The Hall–Kier alpha value is -1.84. The van der Waals surface area contributed by atoms with Gasteiger partial charge in [-0.05, 0) is 60.0 Å². The van der Waals surface area contributed by atoms with Gasteiger partial charge in [0.15, 0.2) is 0 Å². The van der Waals surface area contributed by atoms with Crippen molar-refractivity contribution in [2.45, 2.75) is 13.1 Å². The number of fused-ring (bicyclic) bond motifs is 1. The number of aromatic nitrogens is 1. The van der Waals surface area contributed by atoms with E-state index in [4.69, 9.17) is 11.6 Å². The molecule has 4 heteroatoms. The molecule has 0 aliphatic heterocycles. The first kappa shape index (κ1) is 14.1. The Kier molecular flexibility index (Phi) is 3.95. The number of rotatable bonds is 4. The molecule has 2 nitrogen and oxygen atoms in total. The number of nitrogens with one attached hydrogen (secondary N) is 1. The summed E-state index contributed by atoms with van der Waals surface area (Å²) < 4.78 is 15.4. The molecular formula is C17H16ClFN2. The van der Waals surface area contributed by atoms with Gasteiger partial charge in [-0.3, -0.25) is 0 Å². The molecular weight excluding hydrogens is 287 g/mol. The SMILES string of the molecule is CNCc1ccc2c(ccn2Cc2cc(F)ccc2Cl)c1. The first-order chi connectivity index (χ1) is 10.2. The molecule has 1 N–H and O–H groups in total. The summed E-state index contributed by atoms with van der Waals surface area (Å²) in [4.78, 5) is 0. The maximum Gasteiger partial charge on any atom is 0.123 e. The summed E-state index contributed by atoms with van der Waals surface area (Å²) in [7, 11) is 1.93. The first-order valence-electron chi connectivity index (χ1n) is 6.83. The zero-order valence-electron chi connectivity index (χ0n) is 11.7. The monoisotopic (exact) mass is 302 g/mol. The van der Waals surface area contributed by atoms with Crippen LogP contribution in [0, 0.1) is 5.82 Å². The summed E-state index contributed by atoms with van der Waals surface area (Å²) in [5, 5.41) is 4.91. The Bertz CT molecular complexity index is 780. The van der Waals surface area contributed by atoms with Gasteiger partial charge >= 0.3 is 0 Å². The molecule has 3 rings (SSSR count). The van der Waals surface area contributed by atoms with Crippen LogP contribution in [0.4, 0.5) is 4.39 Å². The van der Waals surface area contributed by atoms with E-state index in [1.807, 2.05) is 13.2 Å². The highest BCUT2D eigenvalue weighted by Gasteiger charge is 2.06. The van der Waals surface area contributed by atoms with Crippen molar-refractivity contribution in [3.05, 3.63) is 70.6 Å². The van der Waals surface area contributed by atoms with Gasteiger partial charge in [0.25, 0.3) is 0 Å². The van der Waals surface area contributed by atoms with Crippen LogP contribution in [0.25, 0.3) is 10.9 Å². The number of nitrogens with zero attached hydrogens (tertiary/aromatic N) is 1. The molecule has 21 heavy (non-hydrogen) atoms. The molecule has 0 saturated carbocycles. The third-order valence-electron chi connectivity index (χ3n) is 3.56. The number of hydrogen-bond donors (Lipinski definition) is 1. The van der Waals surface area contributed by atoms with Gasteiger partial charge in [-0.15, -0.1) is 0 Å². The van der Waals surface area contributed by atoms with Crippen molar-refractivity contribution >= 4 is 22.5 Å². The van der Waals surface area contributed by atoms with E-state index in [0.717, 1.165) is 17.6 Å². The lowest BCUT2D eigenvalue weighted by Gasteiger charge is -2.08. The third kappa shape index (κ3) is 2.94. The van der Waals surface area contributed by atoms with E-state index in [1.165, 1.54) is 23.1 Å². The van der Waals surface area contributed by atoms with Crippen molar-refractivity contribution < 1.29 is 4.39 Å². The van der Waals surface area contributed by atoms with Crippen molar-refractivity contribution in [3.8, 4) is 0 Å². The molecule has 0 amide bonds. The summed E-state index contributed by atoms with van der Waals surface area (Å²) in [6.07, 6.45) is 2.01. The fraction of sp³-hybridized carbons (Fsp3) is 0.176. The Labute approximate surface area is 128 Å². The van der Waals surface area contributed by atoms with E-state index in [9.17, 15) is 4.39 Å². The molecule has 0 fully saturated rings. The molecule has 0 aliphatic rings. The maximum atomic E-state index is 13.4. The van der Waals surface area contributed by atoms with E-state index in [0.29, 0.717) is 11.6 Å². The Morgan fingerprint density at radius 3 is 2.81 bits per heavy atom. The number of hydrogen-bond acceptors (Lipinski definition) is 1. The fourth-order valence-electron chi connectivity index (χ4n) is 2.55. The third-order valence-corrected chi connectivity index (χ3v) is 3.93. The van der Waals surface area contributed by atoms with E-state index in [1.54, 1.807) is 6.07 Å². The molecule has 108 valence electrons. The quantitative estimate of drug-likeness (QED) is 0.764. The predicted octanol–water partition coefficient (Wildman–Crippen LogP) is 4.20. The Balaban J connectivity index is 1.96. The van der Waals surface area contributed by atoms with E-state index < -0.39 is 0 Å². The second kappa shape index (κ2) is 5.88. The average Bonchev–Trinajstić information content (AvgIpc) is 2.86. The van der Waals surface area contributed by atoms with Gasteiger partial charge in [0.05, 0.1) is 0 Å². The zero-order chi connectivity index (χ0) is 14.8. The van der Waals surface area contributed by atoms with Crippen LogP contribution in [0.1, 0.15) is 11.1 Å². The van der Waals surface area contributed by atoms with Crippen LogP contribution in [0.2, 0.25) is 5.02 Å². The highest BCUT2D eigenvalue weighted by Crippen LogP contribution is 2.22. The van der Waals surface area contributed by atoms with Gasteiger partial charge in [0, 0.05) is 29.8 Å². The zero-order valence-corrected chi connectivity index (χ0v) is 12.5. The molecule has 0 saturated heterocycles. The van der Waals surface area contributed by atoms with Gasteiger partial charge in [-0.1, -0.05) is 17.7 Å². The standard InChI is InChI=1S/C17H16ClFN2/c1-20-10-12-2-5-17-13(8-12)6-7-21(17)11-14-9-15(19)3-4-16(14)18/h2-9,20H,10-11H2,1H3. The van der Waals surface area contributed by atoms with Gasteiger partial charge in [-0.25, -0.2) is 4.39 Å². The van der Waals surface area contributed by atoms with Crippen molar-refractivity contribution in [2.75, 3.05) is 7.05 Å². The topological polar surface area (TPSA) is 17.0 Å². The molecule has 1 aromatic heterocycles. The van der Waals surface area contributed by atoms with E-state index in [2.05, 4.69) is 34.1 Å². The van der Waals surface area contributed by atoms with Gasteiger partial charge < -0.3 is 9.88 Å². The minimum Gasteiger partial charge on any atom is -0.343 e. The second-order valence-corrected chi connectivity index (χ2v) is 5.51. The molecule has 0 bridgehead atoms. The average molecular weight is 303 g/mol. The van der Waals surface area contributed by atoms with Crippen LogP contribution in [0.3, 0.4) is 0 Å². The van der Waals surface area contributed by atoms with Crippen molar-refractivity contribution in [2.24, 2.45) is 0 Å². The van der Waals surface area contributed by atoms with Crippen LogP contribution in [-0.4, -0.2) is 11.6 Å². The summed E-state index contributed by atoms with van der Waals surface area (Å²) in [5.41, 5.74) is 3.15. The van der Waals surface area contributed by atoms with Crippen molar-refractivity contribution in [1.29, 1.82) is 0 Å².